The number of carbonyl (C=O) groups is 2. The molecule has 6 nitrogen and oxygen atoms in total. The number of carboxylic acids is 1. The van der Waals surface area contributed by atoms with Crippen molar-refractivity contribution in [3.8, 4) is 0 Å². The number of hydrogen-bond donors (Lipinski definition) is 2. The van der Waals surface area contributed by atoms with E-state index in [-0.39, 0.29) is 29.0 Å². The van der Waals surface area contributed by atoms with Gasteiger partial charge in [0.05, 0.1) is 0 Å². The van der Waals surface area contributed by atoms with Crippen LogP contribution in [-0.2, 0) is 6.42 Å². The zero-order valence-corrected chi connectivity index (χ0v) is 15.5. The van der Waals surface area contributed by atoms with E-state index in [1.54, 1.807) is 17.9 Å². The van der Waals surface area contributed by atoms with Gasteiger partial charge in [-0.1, -0.05) is 6.92 Å². The van der Waals surface area contributed by atoms with Crippen molar-refractivity contribution in [3.05, 3.63) is 58.9 Å². The third kappa shape index (κ3) is 3.17. The maximum Gasteiger partial charge on any atom is 0.339 e. The lowest BCUT2D eigenvalue weighted by atomic mass is 9.89. The van der Waals surface area contributed by atoms with E-state index >= 15 is 0 Å². The number of amides is 1. The first-order chi connectivity index (χ1) is 13.5. The fourth-order valence-electron chi connectivity index (χ4n) is 3.99. The van der Waals surface area contributed by atoms with E-state index < -0.39 is 5.97 Å². The van der Waals surface area contributed by atoms with E-state index in [1.165, 1.54) is 18.2 Å². The molecule has 3 heterocycles. The van der Waals surface area contributed by atoms with E-state index in [0.717, 1.165) is 29.3 Å². The lowest BCUT2D eigenvalue weighted by Gasteiger charge is -2.31. The van der Waals surface area contributed by atoms with E-state index in [9.17, 15) is 19.1 Å². The number of carbonyl (C=O) groups excluding carboxylic acids is 1. The van der Waals surface area contributed by atoms with E-state index in [4.69, 9.17) is 4.42 Å². The molecule has 2 N–H and O–H groups in total. The summed E-state index contributed by atoms with van der Waals surface area (Å²) in [6.07, 6.45) is 3.90. The molecule has 0 radical (unpaired) electrons. The molecule has 3 aromatic rings. The van der Waals surface area contributed by atoms with Crippen LogP contribution in [-0.4, -0.2) is 40.0 Å². The first-order valence-corrected chi connectivity index (χ1v) is 9.39. The summed E-state index contributed by atoms with van der Waals surface area (Å²) < 4.78 is 18.9. The molecule has 1 saturated heterocycles. The Labute approximate surface area is 160 Å². The van der Waals surface area contributed by atoms with Crippen LogP contribution in [0, 0.1) is 5.82 Å². The van der Waals surface area contributed by atoms with Crippen LogP contribution in [0.1, 0.15) is 57.9 Å². The number of rotatable bonds is 4. The van der Waals surface area contributed by atoms with E-state index in [1.807, 2.05) is 6.20 Å². The SMILES string of the molecule is CCc1oc(C(=O)N2CCC(c3c[nH]c4cc(F)ccc34)CC2)cc1C(=O)O. The summed E-state index contributed by atoms with van der Waals surface area (Å²) in [7, 11) is 0. The van der Waals surface area contributed by atoms with Crippen molar-refractivity contribution < 1.29 is 23.5 Å². The molecule has 0 bridgehead atoms. The summed E-state index contributed by atoms with van der Waals surface area (Å²) in [6.45, 7) is 2.90. The minimum absolute atomic E-state index is 0.0479. The number of H-pyrrole nitrogens is 1. The number of nitrogens with one attached hydrogen (secondary N) is 1. The normalized spacial score (nSPS) is 15.3. The minimum atomic E-state index is -1.09. The van der Waals surface area contributed by atoms with Crippen LogP contribution in [0.5, 0.6) is 0 Å². The molecule has 146 valence electrons. The number of likely N-dealkylation sites (tertiary alicyclic amines) is 1. The van der Waals surface area contributed by atoms with E-state index in [2.05, 4.69) is 4.98 Å². The maximum atomic E-state index is 13.4. The zero-order chi connectivity index (χ0) is 19.8. The molecule has 0 aliphatic carbocycles. The van der Waals surface area contributed by atoms with Gasteiger partial charge in [-0.05, 0) is 42.5 Å². The largest absolute Gasteiger partial charge is 0.478 e. The Morgan fingerprint density at radius 1 is 1.29 bits per heavy atom. The molecule has 2 aromatic heterocycles. The van der Waals surface area contributed by atoms with Crippen molar-refractivity contribution >= 4 is 22.8 Å². The fraction of sp³-hybridized carbons (Fsp3) is 0.333. The summed E-state index contributed by atoms with van der Waals surface area (Å²) in [4.78, 5) is 28.8. The van der Waals surface area contributed by atoms with Gasteiger partial charge in [-0.3, -0.25) is 4.79 Å². The summed E-state index contributed by atoms with van der Waals surface area (Å²) in [5.41, 5.74) is 1.96. The quantitative estimate of drug-likeness (QED) is 0.706. The highest BCUT2D eigenvalue weighted by atomic mass is 19.1. The molecule has 1 amide bonds. The van der Waals surface area contributed by atoms with Gasteiger partial charge in [0.25, 0.3) is 5.91 Å². The number of piperidine rings is 1. The summed E-state index contributed by atoms with van der Waals surface area (Å²) in [5, 5.41) is 10.2. The average Bonchev–Trinajstić information content (AvgIpc) is 3.31. The van der Waals surface area contributed by atoms with Gasteiger partial charge < -0.3 is 19.4 Å². The van der Waals surface area contributed by atoms with Gasteiger partial charge in [-0.15, -0.1) is 0 Å². The Bertz CT molecular complexity index is 1040. The standard InChI is InChI=1S/C21H21FN2O4/c1-2-18-15(21(26)27)10-19(28-18)20(25)24-7-5-12(6-8-24)16-11-23-17-9-13(22)3-4-14(16)17/h3-4,9-12,23H,2,5-8H2,1H3,(H,26,27). The summed E-state index contributed by atoms with van der Waals surface area (Å²) in [5.74, 6) is -0.963. The molecular formula is C21H21FN2O4. The van der Waals surface area contributed by atoms with Gasteiger partial charge in [-0.25, -0.2) is 9.18 Å². The highest BCUT2D eigenvalue weighted by Gasteiger charge is 2.29. The van der Waals surface area contributed by atoms with Gasteiger partial charge in [0.2, 0.25) is 0 Å². The molecule has 1 fully saturated rings. The number of aromatic carboxylic acids is 1. The Morgan fingerprint density at radius 3 is 2.68 bits per heavy atom. The van der Waals surface area contributed by atoms with Crippen LogP contribution in [0.3, 0.4) is 0 Å². The van der Waals surface area contributed by atoms with Crippen LogP contribution in [0.2, 0.25) is 0 Å². The maximum absolute atomic E-state index is 13.4. The number of aromatic nitrogens is 1. The zero-order valence-electron chi connectivity index (χ0n) is 15.5. The first-order valence-electron chi connectivity index (χ1n) is 9.39. The Hall–Kier alpha value is -3.09. The van der Waals surface area contributed by atoms with Crippen molar-refractivity contribution in [1.29, 1.82) is 0 Å². The Balaban J connectivity index is 1.48. The number of carboxylic acid groups (broad SMARTS) is 1. The van der Waals surface area contributed by atoms with E-state index in [0.29, 0.717) is 25.3 Å². The van der Waals surface area contributed by atoms with Crippen molar-refractivity contribution in [2.24, 2.45) is 0 Å². The third-order valence-electron chi connectivity index (χ3n) is 5.47. The van der Waals surface area contributed by atoms with Crippen molar-refractivity contribution in [1.82, 2.24) is 9.88 Å². The number of aryl methyl sites for hydroxylation is 1. The van der Waals surface area contributed by atoms with Crippen LogP contribution < -0.4 is 0 Å². The van der Waals surface area contributed by atoms with Gasteiger partial charge in [0.15, 0.2) is 5.76 Å². The second-order valence-corrected chi connectivity index (χ2v) is 7.11. The van der Waals surface area contributed by atoms with Crippen LogP contribution in [0.15, 0.2) is 34.9 Å². The molecule has 4 rings (SSSR count). The average molecular weight is 384 g/mol. The van der Waals surface area contributed by atoms with Crippen molar-refractivity contribution in [2.45, 2.75) is 32.1 Å². The van der Waals surface area contributed by atoms with Crippen molar-refractivity contribution in [2.75, 3.05) is 13.1 Å². The molecule has 0 atom stereocenters. The Kier molecular flexibility index (Phi) is 4.66. The molecule has 28 heavy (non-hydrogen) atoms. The van der Waals surface area contributed by atoms with Crippen LogP contribution in [0.4, 0.5) is 4.39 Å². The predicted octanol–water partition coefficient (Wildman–Crippen LogP) is 4.18. The van der Waals surface area contributed by atoms with Gasteiger partial charge in [-0.2, -0.15) is 0 Å². The summed E-state index contributed by atoms with van der Waals surface area (Å²) in [6, 6.07) is 6.06. The number of nitrogens with zero attached hydrogens (tertiary/aromatic N) is 1. The number of furan rings is 1. The molecule has 0 unspecified atom stereocenters. The van der Waals surface area contributed by atoms with Gasteiger partial charge in [0.1, 0.15) is 17.1 Å². The highest BCUT2D eigenvalue weighted by Crippen LogP contribution is 2.34. The monoisotopic (exact) mass is 384 g/mol. The van der Waals surface area contributed by atoms with Crippen LogP contribution in [0.25, 0.3) is 10.9 Å². The predicted molar refractivity (Wildman–Crippen MR) is 101 cm³/mol. The fourth-order valence-corrected chi connectivity index (χ4v) is 3.99. The topological polar surface area (TPSA) is 86.5 Å². The molecular weight excluding hydrogens is 363 g/mol. The molecule has 1 aromatic carbocycles. The number of fused-ring (bicyclic) bond motifs is 1. The van der Waals surface area contributed by atoms with Crippen LogP contribution >= 0.6 is 0 Å². The van der Waals surface area contributed by atoms with Gasteiger partial charge >= 0.3 is 5.97 Å². The smallest absolute Gasteiger partial charge is 0.339 e. The molecule has 1 aliphatic rings. The molecule has 7 heteroatoms. The number of halogens is 1. The molecule has 1 aliphatic heterocycles. The second-order valence-electron chi connectivity index (χ2n) is 7.11. The number of benzene rings is 1. The second kappa shape index (κ2) is 7.14. The van der Waals surface area contributed by atoms with Crippen molar-refractivity contribution in [3.63, 3.8) is 0 Å². The van der Waals surface area contributed by atoms with Gasteiger partial charge in [0, 0.05) is 42.7 Å². The highest BCUT2D eigenvalue weighted by molar-refractivity contribution is 5.96. The first kappa shape index (κ1) is 18.3. The minimum Gasteiger partial charge on any atom is -0.478 e. The number of hydrogen-bond acceptors (Lipinski definition) is 3. The molecule has 0 spiro atoms. The third-order valence-corrected chi connectivity index (χ3v) is 5.47. The lowest BCUT2D eigenvalue weighted by molar-refractivity contribution is 0.0674. The lowest BCUT2D eigenvalue weighted by Crippen LogP contribution is -2.37. The summed E-state index contributed by atoms with van der Waals surface area (Å²) >= 11 is 0. The Morgan fingerprint density at radius 2 is 2.04 bits per heavy atom. The molecule has 0 saturated carbocycles. The number of aromatic amines is 1.